The minimum Gasteiger partial charge on any atom is -0.508 e. The molecule has 1 aromatic heterocycles. The van der Waals surface area contributed by atoms with Crippen molar-refractivity contribution in [3.05, 3.63) is 52.6 Å². The number of hydrogen-bond acceptors (Lipinski definition) is 4. The highest BCUT2D eigenvalue weighted by molar-refractivity contribution is 5.32. The van der Waals surface area contributed by atoms with Crippen LogP contribution < -0.4 is 10.9 Å². The van der Waals surface area contributed by atoms with Gasteiger partial charge in [-0.1, -0.05) is 12.1 Å². The van der Waals surface area contributed by atoms with E-state index in [1.165, 1.54) is 0 Å². The molecular formula is C14H17N3O2. The van der Waals surface area contributed by atoms with Crippen molar-refractivity contribution in [2.24, 2.45) is 0 Å². The van der Waals surface area contributed by atoms with Gasteiger partial charge >= 0.3 is 0 Å². The first-order valence-corrected chi connectivity index (χ1v) is 6.28. The quantitative estimate of drug-likeness (QED) is 0.856. The average molecular weight is 259 g/mol. The number of rotatable bonds is 5. The van der Waals surface area contributed by atoms with Gasteiger partial charge in [-0.2, -0.15) is 0 Å². The molecule has 19 heavy (non-hydrogen) atoms. The maximum absolute atomic E-state index is 11.9. The molecule has 0 saturated heterocycles. The van der Waals surface area contributed by atoms with Crippen LogP contribution in [0.25, 0.3) is 0 Å². The molecule has 0 aliphatic rings. The topological polar surface area (TPSA) is 67.2 Å². The van der Waals surface area contributed by atoms with Crippen molar-refractivity contribution in [1.82, 2.24) is 9.55 Å². The van der Waals surface area contributed by atoms with Crippen molar-refractivity contribution in [3.8, 4) is 5.75 Å². The van der Waals surface area contributed by atoms with Gasteiger partial charge < -0.3 is 15.0 Å². The third-order valence-corrected chi connectivity index (χ3v) is 2.90. The Labute approximate surface area is 111 Å². The highest BCUT2D eigenvalue weighted by Gasteiger charge is 2.02. The standard InChI is InChI=1S/C14H17N3O2/c1-2-17-10-9-16-13(14(17)19)15-8-7-11-3-5-12(18)6-4-11/h3-6,9-10,18H,2,7-8H2,1H3,(H,15,16). The number of aryl methyl sites for hydroxylation is 1. The Morgan fingerprint density at radius 2 is 2.05 bits per heavy atom. The molecule has 1 heterocycles. The predicted octanol–water partition coefficient (Wildman–Crippen LogP) is 1.62. The molecule has 1 aromatic carbocycles. The number of phenols is 1. The number of anilines is 1. The lowest BCUT2D eigenvalue weighted by atomic mass is 10.1. The number of nitrogens with zero attached hydrogens (tertiary/aromatic N) is 2. The summed E-state index contributed by atoms with van der Waals surface area (Å²) in [6.45, 7) is 3.18. The van der Waals surface area contributed by atoms with E-state index >= 15 is 0 Å². The zero-order valence-electron chi connectivity index (χ0n) is 10.8. The Kier molecular flexibility index (Phi) is 4.18. The first kappa shape index (κ1) is 13.1. The molecule has 5 nitrogen and oxygen atoms in total. The van der Waals surface area contributed by atoms with Gasteiger partial charge in [-0.15, -0.1) is 0 Å². The molecule has 100 valence electrons. The summed E-state index contributed by atoms with van der Waals surface area (Å²) in [6, 6.07) is 7.03. The molecule has 0 spiro atoms. The molecule has 0 aliphatic heterocycles. The molecule has 2 aromatic rings. The van der Waals surface area contributed by atoms with Crippen molar-refractivity contribution in [1.29, 1.82) is 0 Å². The molecule has 0 fully saturated rings. The Bertz CT molecular complexity index is 590. The average Bonchev–Trinajstić information content (AvgIpc) is 2.43. The summed E-state index contributed by atoms with van der Waals surface area (Å²) in [5.74, 6) is 0.635. The van der Waals surface area contributed by atoms with Gasteiger partial charge in [0.15, 0.2) is 5.82 Å². The summed E-state index contributed by atoms with van der Waals surface area (Å²) in [4.78, 5) is 15.9. The summed E-state index contributed by atoms with van der Waals surface area (Å²) < 4.78 is 1.61. The van der Waals surface area contributed by atoms with Crippen LogP contribution in [-0.2, 0) is 13.0 Å². The Morgan fingerprint density at radius 3 is 2.74 bits per heavy atom. The predicted molar refractivity (Wildman–Crippen MR) is 74.5 cm³/mol. The van der Waals surface area contributed by atoms with E-state index in [1.54, 1.807) is 29.1 Å². The molecule has 0 radical (unpaired) electrons. The molecule has 0 bridgehead atoms. The zero-order valence-corrected chi connectivity index (χ0v) is 10.8. The van der Waals surface area contributed by atoms with Gasteiger partial charge in [0, 0.05) is 25.5 Å². The number of aromatic hydroxyl groups is 1. The summed E-state index contributed by atoms with van der Waals surface area (Å²) in [6.07, 6.45) is 4.06. The molecule has 0 atom stereocenters. The fraction of sp³-hybridized carbons (Fsp3) is 0.286. The van der Waals surface area contributed by atoms with Crippen molar-refractivity contribution in [2.75, 3.05) is 11.9 Å². The van der Waals surface area contributed by atoms with Gasteiger partial charge in [0.2, 0.25) is 0 Å². The fourth-order valence-corrected chi connectivity index (χ4v) is 1.81. The molecule has 0 saturated carbocycles. The zero-order chi connectivity index (χ0) is 13.7. The minimum absolute atomic E-state index is 0.101. The van der Waals surface area contributed by atoms with Crippen molar-refractivity contribution in [3.63, 3.8) is 0 Å². The largest absolute Gasteiger partial charge is 0.508 e. The SMILES string of the molecule is CCn1ccnc(NCCc2ccc(O)cc2)c1=O. The molecule has 0 unspecified atom stereocenters. The van der Waals surface area contributed by atoms with E-state index in [4.69, 9.17) is 0 Å². The number of aromatic nitrogens is 2. The van der Waals surface area contributed by atoms with Gasteiger partial charge in [0.1, 0.15) is 5.75 Å². The second-order valence-corrected chi connectivity index (χ2v) is 4.21. The number of hydrogen-bond donors (Lipinski definition) is 2. The normalized spacial score (nSPS) is 10.4. The van der Waals surface area contributed by atoms with Gasteiger partial charge in [0.05, 0.1) is 0 Å². The molecule has 2 rings (SSSR count). The van der Waals surface area contributed by atoms with Crippen LogP contribution in [-0.4, -0.2) is 21.2 Å². The summed E-state index contributed by atoms with van der Waals surface area (Å²) in [7, 11) is 0. The van der Waals surface area contributed by atoms with Gasteiger partial charge in [0.25, 0.3) is 5.56 Å². The minimum atomic E-state index is -0.101. The van der Waals surface area contributed by atoms with Crippen LogP contribution in [0.4, 0.5) is 5.82 Å². The van der Waals surface area contributed by atoms with Crippen LogP contribution in [0.15, 0.2) is 41.5 Å². The first-order chi connectivity index (χ1) is 9.20. The maximum Gasteiger partial charge on any atom is 0.293 e. The van der Waals surface area contributed by atoms with E-state index in [2.05, 4.69) is 10.3 Å². The third kappa shape index (κ3) is 3.34. The Balaban J connectivity index is 1.96. The van der Waals surface area contributed by atoms with Crippen LogP contribution in [0.1, 0.15) is 12.5 Å². The van der Waals surface area contributed by atoms with Gasteiger partial charge in [-0.25, -0.2) is 4.98 Å². The van der Waals surface area contributed by atoms with E-state index in [-0.39, 0.29) is 11.3 Å². The van der Waals surface area contributed by atoms with Crippen molar-refractivity contribution in [2.45, 2.75) is 19.9 Å². The highest BCUT2D eigenvalue weighted by Crippen LogP contribution is 2.09. The Hall–Kier alpha value is -2.30. The van der Waals surface area contributed by atoms with Crippen LogP contribution in [0.5, 0.6) is 5.75 Å². The number of nitrogens with one attached hydrogen (secondary N) is 1. The molecule has 2 N–H and O–H groups in total. The Morgan fingerprint density at radius 1 is 1.32 bits per heavy atom. The van der Waals surface area contributed by atoms with E-state index < -0.39 is 0 Å². The lowest BCUT2D eigenvalue weighted by molar-refractivity contribution is 0.475. The first-order valence-electron chi connectivity index (χ1n) is 6.28. The van der Waals surface area contributed by atoms with Crippen LogP contribution in [0, 0.1) is 0 Å². The summed E-state index contributed by atoms with van der Waals surface area (Å²) in [5, 5.41) is 12.2. The van der Waals surface area contributed by atoms with E-state index in [0.29, 0.717) is 18.9 Å². The fourth-order valence-electron chi connectivity index (χ4n) is 1.81. The van der Waals surface area contributed by atoms with E-state index in [0.717, 1.165) is 12.0 Å². The summed E-state index contributed by atoms with van der Waals surface area (Å²) >= 11 is 0. The summed E-state index contributed by atoms with van der Waals surface area (Å²) in [5.41, 5.74) is 0.993. The van der Waals surface area contributed by atoms with Crippen LogP contribution >= 0.6 is 0 Å². The third-order valence-electron chi connectivity index (χ3n) is 2.90. The van der Waals surface area contributed by atoms with Gasteiger partial charge in [-0.3, -0.25) is 4.79 Å². The maximum atomic E-state index is 11.9. The van der Waals surface area contributed by atoms with Crippen LogP contribution in [0.3, 0.4) is 0 Å². The number of phenolic OH excluding ortho intramolecular Hbond substituents is 1. The smallest absolute Gasteiger partial charge is 0.293 e. The van der Waals surface area contributed by atoms with Crippen molar-refractivity contribution < 1.29 is 5.11 Å². The highest BCUT2D eigenvalue weighted by atomic mass is 16.3. The second-order valence-electron chi connectivity index (χ2n) is 4.21. The van der Waals surface area contributed by atoms with Crippen molar-refractivity contribution >= 4 is 5.82 Å². The molecule has 0 amide bonds. The van der Waals surface area contributed by atoms with E-state index in [1.807, 2.05) is 19.1 Å². The van der Waals surface area contributed by atoms with E-state index in [9.17, 15) is 9.90 Å². The number of benzene rings is 1. The molecule has 0 aliphatic carbocycles. The second kappa shape index (κ2) is 6.04. The lowest BCUT2D eigenvalue weighted by Crippen LogP contribution is -2.24. The van der Waals surface area contributed by atoms with Gasteiger partial charge in [-0.05, 0) is 31.0 Å². The monoisotopic (exact) mass is 259 g/mol. The molecular weight excluding hydrogens is 242 g/mol. The lowest BCUT2D eigenvalue weighted by Gasteiger charge is -2.07. The van der Waals surface area contributed by atoms with Crippen LogP contribution in [0.2, 0.25) is 0 Å². The molecule has 5 heteroatoms.